The summed E-state index contributed by atoms with van der Waals surface area (Å²) in [5.74, 6) is -2.49. The third-order valence-corrected chi connectivity index (χ3v) is 4.96. The van der Waals surface area contributed by atoms with Crippen molar-refractivity contribution in [3.05, 3.63) is 75.7 Å². The fourth-order valence-corrected chi connectivity index (χ4v) is 3.32. The monoisotopic (exact) mass is 418 g/mol. The van der Waals surface area contributed by atoms with Crippen molar-refractivity contribution in [3.8, 4) is 11.1 Å². The summed E-state index contributed by atoms with van der Waals surface area (Å²) in [5, 5.41) is 18.7. The molecule has 28 heavy (non-hydrogen) atoms. The minimum atomic E-state index is -0.964. The van der Waals surface area contributed by atoms with Crippen LogP contribution in [0.2, 0.25) is 5.02 Å². The van der Waals surface area contributed by atoms with Gasteiger partial charge in [-0.05, 0) is 51.7 Å². The maximum absolute atomic E-state index is 13.1. The second-order valence-electron chi connectivity index (χ2n) is 5.94. The topological polar surface area (TPSA) is 78.4 Å². The van der Waals surface area contributed by atoms with E-state index >= 15 is 0 Å². The van der Waals surface area contributed by atoms with Gasteiger partial charge >= 0.3 is 11.8 Å². The molecule has 2 amide bonds. The molecule has 0 aliphatic rings. The molecule has 3 rings (SSSR count). The van der Waals surface area contributed by atoms with E-state index in [1.165, 1.54) is 12.1 Å². The number of hydrogen-bond acceptors (Lipinski definition) is 4. The van der Waals surface area contributed by atoms with Gasteiger partial charge in [0.05, 0.1) is 11.1 Å². The molecule has 0 aliphatic heterocycles. The van der Waals surface area contributed by atoms with Crippen molar-refractivity contribution in [2.24, 2.45) is 0 Å². The molecule has 1 aromatic heterocycles. The quantitative estimate of drug-likeness (QED) is 0.548. The van der Waals surface area contributed by atoms with E-state index in [-0.39, 0.29) is 17.3 Å². The Morgan fingerprint density at radius 3 is 2.46 bits per heavy atom. The Bertz CT molecular complexity index is 978. The zero-order valence-corrected chi connectivity index (χ0v) is 16.1. The van der Waals surface area contributed by atoms with Gasteiger partial charge in [0.2, 0.25) is 0 Å². The second kappa shape index (κ2) is 8.97. The first-order valence-electron chi connectivity index (χ1n) is 8.29. The summed E-state index contributed by atoms with van der Waals surface area (Å²) < 4.78 is 13.1. The first-order valence-corrected chi connectivity index (χ1v) is 9.61. The molecule has 8 heteroatoms. The summed E-state index contributed by atoms with van der Waals surface area (Å²) in [6, 6.07) is 12.9. The molecule has 1 unspecified atom stereocenters. The van der Waals surface area contributed by atoms with Gasteiger partial charge in [-0.2, -0.15) is 11.3 Å². The molecule has 3 aromatic rings. The summed E-state index contributed by atoms with van der Waals surface area (Å²) in [6.45, 7) is -0.131. The van der Waals surface area contributed by atoms with Gasteiger partial charge in [0.15, 0.2) is 0 Å². The molecule has 0 fully saturated rings. The van der Waals surface area contributed by atoms with E-state index in [9.17, 15) is 19.1 Å². The Morgan fingerprint density at radius 1 is 1.07 bits per heavy atom. The van der Waals surface area contributed by atoms with Crippen molar-refractivity contribution in [2.45, 2.75) is 6.10 Å². The van der Waals surface area contributed by atoms with Crippen molar-refractivity contribution >= 4 is 40.4 Å². The summed E-state index contributed by atoms with van der Waals surface area (Å²) in [4.78, 5) is 23.8. The largest absolute Gasteiger partial charge is 0.387 e. The first-order chi connectivity index (χ1) is 13.4. The van der Waals surface area contributed by atoms with Crippen LogP contribution in [-0.4, -0.2) is 23.5 Å². The van der Waals surface area contributed by atoms with E-state index in [1.807, 2.05) is 29.0 Å². The summed E-state index contributed by atoms with van der Waals surface area (Å²) in [5.41, 5.74) is 2.93. The van der Waals surface area contributed by atoms with E-state index in [4.69, 9.17) is 11.6 Å². The average molecular weight is 419 g/mol. The van der Waals surface area contributed by atoms with E-state index in [0.717, 1.165) is 17.2 Å². The van der Waals surface area contributed by atoms with Gasteiger partial charge in [-0.25, -0.2) is 4.39 Å². The summed E-state index contributed by atoms with van der Waals surface area (Å²) in [7, 11) is 0. The highest BCUT2D eigenvalue weighted by molar-refractivity contribution is 7.08. The number of aliphatic hydroxyl groups is 1. The third-order valence-electron chi connectivity index (χ3n) is 3.99. The molecule has 1 heterocycles. The van der Waals surface area contributed by atoms with Crippen LogP contribution in [0.25, 0.3) is 11.1 Å². The number of carbonyl (C=O) groups is 2. The highest BCUT2D eigenvalue weighted by atomic mass is 35.5. The number of benzene rings is 2. The lowest BCUT2D eigenvalue weighted by Crippen LogP contribution is -2.37. The Kier molecular flexibility index (Phi) is 6.41. The summed E-state index contributed by atoms with van der Waals surface area (Å²) >= 11 is 7.23. The van der Waals surface area contributed by atoms with Crippen molar-refractivity contribution in [3.63, 3.8) is 0 Å². The van der Waals surface area contributed by atoms with E-state index < -0.39 is 23.7 Å². The van der Waals surface area contributed by atoms with Gasteiger partial charge in [-0.15, -0.1) is 0 Å². The molecule has 3 N–H and O–H groups in total. The van der Waals surface area contributed by atoms with Crippen molar-refractivity contribution in [1.29, 1.82) is 0 Å². The van der Waals surface area contributed by atoms with Crippen LogP contribution >= 0.6 is 22.9 Å². The Hall–Kier alpha value is -2.74. The van der Waals surface area contributed by atoms with Crippen molar-refractivity contribution < 1.29 is 19.1 Å². The molecule has 0 saturated heterocycles. The van der Waals surface area contributed by atoms with Gasteiger partial charge in [-0.1, -0.05) is 35.9 Å². The van der Waals surface area contributed by atoms with Crippen LogP contribution in [0, 0.1) is 5.82 Å². The highest BCUT2D eigenvalue weighted by Gasteiger charge is 2.16. The number of anilines is 1. The smallest absolute Gasteiger partial charge is 0.313 e. The van der Waals surface area contributed by atoms with Crippen LogP contribution in [0.3, 0.4) is 0 Å². The third kappa shape index (κ3) is 4.95. The molecule has 144 valence electrons. The molecular formula is C20H16ClFN2O3S. The summed E-state index contributed by atoms with van der Waals surface area (Å²) in [6.07, 6.45) is -0.964. The number of rotatable bonds is 5. The zero-order valence-electron chi connectivity index (χ0n) is 14.5. The number of carbonyl (C=O) groups excluding carboxylic acids is 2. The molecule has 1 atom stereocenters. The first kappa shape index (κ1) is 20.0. The average Bonchev–Trinajstić information content (AvgIpc) is 3.23. The fourth-order valence-electron chi connectivity index (χ4n) is 2.48. The number of nitrogens with one attached hydrogen (secondary N) is 2. The van der Waals surface area contributed by atoms with Crippen LogP contribution in [0.5, 0.6) is 0 Å². The van der Waals surface area contributed by atoms with Gasteiger partial charge in [-0.3, -0.25) is 9.59 Å². The van der Waals surface area contributed by atoms with E-state index in [1.54, 1.807) is 23.5 Å². The van der Waals surface area contributed by atoms with Crippen molar-refractivity contribution in [2.75, 3.05) is 11.9 Å². The van der Waals surface area contributed by atoms with Crippen molar-refractivity contribution in [1.82, 2.24) is 5.32 Å². The Balaban J connectivity index is 1.53. The van der Waals surface area contributed by atoms with Crippen LogP contribution < -0.4 is 10.6 Å². The lowest BCUT2D eigenvalue weighted by atomic mass is 10.0. The van der Waals surface area contributed by atoms with Gasteiger partial charge in [0.1, 0.15) is 5.82 Å². The minimum absolute atomic E-state index is 0.131. The molecule has 0 bridgehead atoms. The maximum atomic E-state index is 13.1. The van der Waals surface area contributed by atoms with E-state index in [0.29, 0.717) is 5.56 Å². The lowest BCUT2D eigenvalue weighted by molar-refractivity contribution is -0.136. The van der Waals surface area contributed by atoms with Gasteiger partial charge < -0.3 is 15.7 Å². The zero-order chi connectivity index (χ0) is 20.1. The SMILES string of the molecule is O=C(NCC(O)c1ccc(-c2ccsc2)cc1)C(=O)Nc1ccc(F)c(Cl)c1. The van der Waals surface area contributed by atoms with Crippen LogP contribution in [0.4, 0.5) is 10.1 Å². The fraction of sp³-hybridized carbons (Fsp3) is 0.100. The Labute approximate surface area is 169 Å². The maximum Gasteiger partial charge on any atom is 0.313 e. The molecule has 2 aromatic carbocycles. The number of aliphatic hydroxyl groups excluding tert-OH is 1. The number of amides is 2. The molecular weight excluding hydrogens is 403 g/mol. The van der Waals surface area contributed by atoms with E-state index in [2.05, 4.69) is 10.6 Å². The van der Waals surface area contributed by atoms with Crippen LogP contribution in [-0.2, 0) is 9.59 Å². The van der Waals surface area contributed by atoms with Crippen LogP contribution in [0.1, 0.15) is 11.7 Å². The molecule has 0 spiro atoms. The second-order valence-corrected chi connectivity index (χ2v) is 7.13. The van der Waals surface area contributed by atoms with Gasteiger partial charge in [0.25, 0.3) is 0 Å². The predicted molar refractivity (Wildman–Crippen MR) is 108 cm³/mol. The number of thiophene rings is 1. The molecule has 5 nitrogen and oxygen atoms in total. The Morgan fingerprint density at radius 2 is 1.82 bits per heavy atom. The normalized spacial score (nSPS) is 11.7. The van der Waals surface area contributed by atoms with Crippen LogP contribution in [0.15, 0.2) is 59.3 Å². The highest BCUT2D eigenvalue weighted by Crippen LogP contribution is 2.24. The minimum Gasteiger partial charge on any atom is -0.387 e. The number of hydrogen-bond donors (Lipinski definition) is 3. The molecule has 0 aliphatic carbocycles. The predicted octanol–water partition coefficient (Wildman–Crippen LogP) is 4.00. The lowest BCUT2D eigenvalue weighted by Gasteiger charge is -2.13. The molecule has 0 saturated carbocycles. The molecule has 0 radical (unpaired) electrons. The number of halogens is 2. The van der Waals surface area contributed by atoms with Gasteiger partial charge in [0, 0.05) is 12.2 Å². The standard InChI is InChI=1S/C20H16ClFN2O3S/c21-16-9-15(5-6-17(16)22)24-20(27)19(26)23-10-18(25)13-3-1-12(2-4-13)14-7-8-28-11-14/h1-9,11,18,25H,10H2,(H,23,26)(H,24,27).